The van der Waals surface area contributed by atoms with E-state index in [2.05, 4.69) is 15.2 Å². The molecule has 0 bridgehead atoms. The van der Waals surface area contributed by atoms with Crippen molar-refractivity contribution in [1.82, 2.24) is 15.2 Å². The standard InChI is InChI=1S/C22H29N3O2S/c1-2-27-20-9-6-18(7-10-20)16-24-22(26)19-8-11-21(23-17-19)28-15-14-25-12-4-3-5-13-25/h6-11,17H,2-5,12-16H2,1H3,(H,24,26). The van der Waals surface area contributed by atoms with Gasteiger partial charge in [0.15, 0.2) is 0 Å². The van der Waals surface area contributed by atoms with Crippen LogP contribution < -0.4 is 10.1 Å². The number of ether oxygens (including phenoxy) is 1. The Morgan fingerprint density at radius 1 is 1.14 bits per heavy atom. The third kappa shape index (κ3) is 6.53. The Balaban J connectivity index is 1.41. The monoisotopic (exact) mass is 399 g/mol. The molecule has 1 amide bonds. The molecule has 1 aromatic carbocycles. The van der Waals surface area contributed by atoms with Crippen molar-refractivity contribution in [1.29, 1.82) is 0 Å². The smallest absolute Gasteiger partial charge is 0.253 e. The van der Waals surface area contributed by atoms with Gasteiger partial charge < -0.3 is 15.0 Å². The molecule has 1 saturated heterocycles. The summed E-state index contributed by atoms with van der Waals surface area (Å²) in [6.07, 6.45) is 5.68. The number of rotatable bonds is 9. The van der Waals surface area contributed by atoms with Gasteiger partial charge in [-0.1, -0.05) is 18.6 Å². The van der Waals surface area contributed by atoms with E-state index in [1.54, 1.807) is 18.0 Å². The number of nitrogens with zero attached hydrogens (tertiary/aromatic N) is 2. The van der Waals surface area contributed by atoms with Crippen molar-refractivity contribution in [2.24, 2.45) is 0 Å². The van der Waals surface area contributed by atoms with Crippen LogP contribution >= 0.6 is 11.8 Å². The number of aromatic nitrogens is 1. The number of benzene rings is 1. The summed E-state index contributed by atoms with van der Waals surface area (Å²) >= 11 is 1.75. The Kier molecular flexibility index (Phi) is 8.18. The highest BCUT2D eigenvalue weighted by molar-refractivity contribution is 7.99. The van der Waals surface area contributed by atoms with Crippen LogP contribution in [0.2, 0.25) is 0 Å². The lowest BCUT2D eigenvalue weighted by Gasteiger charge is -2.25. The normalized spacial score (nSPS) is 14.6. The molecule has 0 unspecified atom stereocenters. The summed E-state index contributed by atoms with van der Waals surface area (Å²) in [7, 11) is 0. The van der Waals surface area contributed by atoms with Crippen molar-refractivity contribution < 1.29 is 9.53 Å². The minimum absolute atomic E-state index is 0.105. The molecular formula is C22H29N3O2S. The summed E-state index contributed by atoms with van der Waals surface area (Å²) < 4.78 is 5.43. The number of hydrogen-bond donors (Lipinski definition) is 1. The summed E-state index contributed by atoms with van der Waals surface area (Å²) in [5, 5.41) is 3.91. The highest BCUT2D eigenvalue weighted by Crippen LogP contribution is 2.17. The number of carbonyl (C=O) groups excluding carboxylic acids is 1. The van der Waals surface area contributed by atoms with Gasteiger partial charge in [-0.3, -0.25) is 4.79 Å². The second kappa shape index (κ2) is 11.1. The number of carbonyl (C=O) groups is 1. The van der Waals surface area contributed by atoms with E-state index < -0.39 is 0 Å². The Morgan fingerprint density at radius 2 is 1.93 bits per heavy atom. The van der Waals surface area contributed by atoms with E-state index in [9.17, 15) is 4.79 Å². The average Bonchev–Trinajstić information content (AvgIpc) is 2.74. The van der Waals surface area contributed by atoms with Crippen molar-refractivity contribution in [3.8, 4) is 5.75 Å². The number of amides is 1. The molecule has 0 radical (unpaired) electrons. The van der Waals surface area contributed by atoms with Gasteiger partial charge in [-0.15, -0.1) is 11.8 Å². The van der Waals surface area contributed by atoms with Crippen molar-refractivity contribution in [3.05, 3.63) is 53.7 Å². The summed E-state index contributed by atoms with van der Waals surface area (Å²) in [6, 6.07) is 11.6. The van der Waals surface area contributed by atoms with Crippen LogP contribution in [-0.4, -0.2) is 47.8 Å². The highest BCUT2D eigenvalue weighted by atomic mass is 32.2. The molecule has 2 aromatic rings. The highest BCUT2D eigenvalue weighted by Gasteiger charge is 2.10. The second-order valence-electron chi connectivity index (χ2n) is 6.90. The molecule has 1 aromatic heterocycles. The minimum Gasteiger partial charge on any atom is -0.494 e. The molecule has 28 heavy (non-hydrogen) atoms. The molecule has 1 aliphatic heterocycles. The first kappa shape index (κ1) is 20.7. The van der Waals surface area contributed by atoms with E-state index in [1.165, 1.54) is 32.4 Å². The van der Waals surface area contributed by atoms with Gasteiger partial charge in [-0.05, 0) is 62.7 Å². The van der Waals surface area contributed by atoms with Crippen LogP contribution in [0.3, 0.4) is 0 Å². The fraction of sp³-hybridized carbons (Fsp3) is 0.455. The maximum absolute atomic E-state index is 12.3. The molecule has 2 heterocycles. The van der Waals surface area contributed by atoms with Gasteiger partial charge in [0.2, 0.25) is 0 Å². The second-order valence-corrected chi connectivity index (χ2v) is 8.01. The van der Waals surface area contributed by atoms with Crippen LogP contribution in [0.1, 0.15) is 42.1 Å². The molecule has 1 fully saturated rings. The van der Waals surface area contributed by atoms with E-state index in [-0.39, 0.29) is 5.91 Å². The Bertz CT molecular complexity index is 728. The number of piperidine rings is 1. The number of pyridine rings is 1. The number of likely N-dealkylation sites (tertiary alicyclic amines) is 1. The Hall–Kier alpha value is -2.05. The number of thioether (sulfide) groups is 1. The largest absolute Gasteiger partial charge is 0.494 e. The SMILES string of the molecule is CCOc1ccc(CNC(=O)c2ccc(SCCN3CCCCC3)nc2)cc1. The summed E-state index contributed by atoms with van der Waals surface area (Å²) in [4.78, 5) is 19.3. The third-order valence-electron chi connectivity index (χ3n) is 4.79. The van der Waals surface area contributed by atoms with Gasteiger partial charge in [-0.25, -0.2) is 4.98 Å². The zero-order chi connectivity index (χ0) is 19.6. The van der Waals surface area contributed by atoms with Crippen molar-refractivity contribution in [3.63, 3.8) is 0 Å². The van der Waals surface area contributed by atoms with E-state index in [4.69, 9.17) is 4.74 Å². The average molecular weight is 400 g/mol. The first-order chi connectivity index (χ1) is 13.7. The minimum atomic E-state index is -0.105. The fourth-order valence-electron chi connectivity index (χ4n) is 3.22. The topological polar surface area (TPSA) is 54.5 Å². The molecule has 0 aliphatic carbocycles. The van der Waals surface area contributed by atoms with Crippen molar-refractivity contribution >= 4 is 17.7 Å². The predicted molar refractivity (Wildman–Crippen MR) is 114 cm³/mol. The van der Waals surface area contributed by atoms with Gasteiger partial charge in [0.05, 0.1) is 17.2 Å². The van der Waals surface area contributed by atoms with Gasteiger partial charge in [0.25, 0.3) is 5.91 Å². The van der Waals surface area contributed by atoms with Crippen LogP contribution in [0, 0.1) is 0 Å². The molecule has 150 valence electrons. The maximum Gasteiger partial charge on any atom is 0.253 e. The summed E-state index contributed by atoms with van der Waals surface area (Å²) in [5.74, 6) is 1.78. The van der Waals surface area contributed by atoms with Crippen LogP contribution in [-0.2, 0) is 6.54 Å². The quantitative estimate of drug-likeness (QED) is 0.646. The summed E-state index contributed by atoms with van der Waals surface area (Å²) in [5.41, 5.74) is 1.63. The van der Waals surface area contributed by atoms with Gasteiger partial charge >= 0.3 is 0 Å². The third-order valence-corrected chi connectivity index (χ3v) is 5.72. The molecule has 0 saturated carbocycles. The molecule has 3 rings (SSSR count). The number of nitrogens with one attached hydrogen (secondary N) is 1. The van der Waals surface area contributed by atoms with Crippen LogP contribution in [0.25, 0.3) is 0 Å². The van der Waals surface area contributed by atoms with Gasteiger partial charge in [-0.2, -0.15) is 0 Å². The van der Waals surface area contributed by atoms with Crippen LogP contribution in [0.15, 0.2) is 47.6 Å². The van der Waals surface area contributed by atoms with E-state index in [1.807, 2.05) is 43.3 Å². The van der Waals surface area contributed by atoms with Gasteiger partial charge in [0.1, 0.15) is 5.75 Å². The number of hydrogen-bond acceptors (Lipinski definition) is 5. The molecule has 6 heteroatoms. The lowest BCUT2D eigenvalue weighted by molar-refractivity contribution is 0.0950. The predicted octanol–water partition coefficient (Wildman–Crippen LogP) is 3.99. The maximum atomic E-state index is 12.3. The molecule has 0 spiro atoms. The molecule has 5 nitrogen and oxygen atoms in total. The summed E-state index contributed by atoms with van der Waals surface area (Å²) in [6.45, 7) is 6.65. The van der Waals surface area contributed by atoms with Crippen LogP contribution in [0.5, 0.6) is 5.75 Å². The first-order valence-electron chi connectivity index (χ1n) is 10.1. The molecular weight excluding hydrogens is 370 g/mol. The van der Waals surface area contributed by atoms with E-state index in [0.29, 0.717) is 18.7 Å². The molecule has 1 N–H and O–H groups in total. The lowest BCUT2D eigenvalue weighted by atomic mass is 10.1. The van der Waals surface area contributed by atoms with Crippen molar-refractivity contribution in [2.75, 3.05) is 32.0 Å². The molecule has 1 aliphatic rings. The molecule has 0 atom stereocenters. The van der Waals surface area contributed by atoms with Crippen LogP contribution in [0.4, 0.5) is 0 Å². The van der Waals surface area contributed by atoms with E-state index in [0.717, 1.165) is 28.6 Å². The zero-order valence-electron chi connectivity index (χ0n) is 16.5. The lowest BCUT2D eigenvalue weighted by Crippen LogP contribution is -2.31. The first-order valence-corrected chi connectivity index (χ1v) is 11.0. The van der Waals surface area contributed by atoms with E-state index >= 15 is 0 Å². The Labute approximate surface area is 171 Å². The zero-order valence-corrected chi connectivity index (χ0v) is 17.3. The van der Waals surface area contributed by atoms with Gasteiger partial charge in [0, 0.05) is 25.0 Å². The Morgan fingerprint density at radius 3 is 2.61 bits per heavy atom. The van der Waals surface area contributed by atoms with Crippen molar-refractivity contribution in [2.45, 2.75) is 37.8 Å². The fourth-order valence-corrected chi connectivity index (χ4v) is 4.07.